The number of carbonyl (C=O) groups excluding carboxylic acids is 2. The summed E-state index contributed by atoms with van der Waals surface area (Å²) in [7, 11) is 0. The number of nitriles is 1. The van der Waals surface area contributed by atoms with Gasteiger partial charge in [0.15, 0.2) is 11.5 Å². The molecule has 5 rings (SSSR count). The van der Waals surface area contributed by atoms with Crippen LogP contribution in [0.15, 0.2) is 54.6 Å². The number of fused-ring (bicyclic) bond motifs is 2. The molecular formula is C28H26N2O4. The van der Waals surface area contributed by atoms with Crippen molar-refractivity contribution in [2.24, 2.45) is 0 Å². The maximum absolute atomic E-state index is 13.4. The molecule has 2 aliphatic rings. The lowest BCUT2D eigenvalue weighted by Gasteiger charge is -2.26. The Bertz CT molecular complexity index is 1250. The SMILES string of the molecule is CCOc1ccc(C(CC#N)N2C(=O)c3cc4ccccc4cc3C2=O)cc1OC1CCCC1. The van der Waals surface area contributed by atoms with Crippen LogP contribution in [0, 0.1) is 11.3 Å². The van der Waals surface area contributed by atoms with E-state index in [1.54, 1.807) is 18.2 Å². The van der Waals surface area contributed by atoms with Crippen molar-refractivity contribution in [1.29, 1.82) is 5.26 Å². The van der Waals surface area contributed by atoms with Crippen LogP contribution in [0.25, 0.3) is 10.8 Å². The van der Waals surface area contributed by atoms with Crippen molar-refractivity contribution in [3.05, 3.63) is 71.3 Å². The van der Waals surface area contributed by atoms with Gasteiger partial charge in [-0.3, -0.25) is 14.5 Å². The average molecular weight is 455 g/mol. The molecule has 0 saturated heterocycles. The number of ether oxygens (including phenoxy) is 2. The normalized spacial score (nSPS) is 16.5. The summed E-state index contributed by atoms with van der Waals surface area (Å²) in [6.07, 6.45) is 4.36. The van der Waals surface area contributed by atoms with Crippen LogP contribution in [0.4, 0.5) is 0 Å². The Kier molecular flexibility index (Phi) is 5.93. The van der Waals surface area contributed by atoms with Crippen molar-refractivity contribution in [1.82, 2.24) is 4.90 Å². The van der Waals surface area contributed by atoms with Crippen LogP contribution < -0.4 is 9.47 Å². The molecule has 0 N–H and O–H groups in total. The lowest BCUT2D eigenvalue weighted by atomic mass is 10.0. The van der Waals surface area contributed by atoms with Gasteiger partial charge < -0.3 is 9.47 Å². The zero-order valence-corrected chi connectivity index (χ0v) is 19.1. The van der Waals surface area contributed by atoms with Gasteiger partial charge in [0.2, 0.25) is 0 Å². The number of hydrogen-bond acceptors (Lipinski definition) is 5. The third kappa shape index (κ3) is 3.88. The molecule has 1 aliphatic heterocycles. The predicted molar refractivity (Wildman–Crippen MR) is 128 cm³/mol. The summed E-state index contributed by atoms with van der Waals surface area (Å²) in [6, 6.07) is 18.1. The second kappa shape index (κ2) is 9.18. The van der Waals surface area contributed by atoms with Crippen LogP contribution in [0.3, 0.4) is 0 Å². The van der Waals surface area contributed by atoms with Gasteiger partial charge in [-0.05, 0) is 73.2 Å². The molecule has 3 aromatic carbocycles. The van der Waals surface area contributed by atoms with Gasteiger partial charge in [-0.15, -0.1) is 0 Å². The van der Waals surface area contributed by atoms with Gasteiger partial charge in [-0.2, -0.15) is 5.26 Å². The molecule has 3 aromatic rings. The van der Waals surface area contributed by atoms with Crippen LogP contribution in [0.2, 0.25) is 0 Å². The largest absolute Gasteiger partial charge is 0.490 e. The molecule has 0 aromatic heterocycles. The van der Waals surface area contributed by atoms with Crippen LogP contribution in [0.5, 0.6) is 11.5 Å². The van der Waals surface area contributed by atoms with Crippen LogP contribution >= 0.6 is 0 Å². The first-order chi connectivity index (χ1) is 16.6. The molecule has 1 saturated carbocycles. The Morgan fingerprint density at radius 3 is 2.21 bits per heavy atom. The number of imide groups is 1. The van der Waals surface area contributed by atoms with Crippen molar-refractivity contribution in [3.63, 3.8) is 0 Å². The highest BCUT2D eigenvalue weighted by Gasteiger charge is 2.41. The minimum Gasteiger partial charge on any atom is -0.490 e. The topological polar surface area (TPSA) is 79.6 Å². The number of amides is 2. The fraction of sp³-hybridized carbons (Fsp3) is 0.321. The summed E-state index contributed by atoms with van der Waals surface area (Å²) in [5, 5.41) is 11.4. The minimum atomic E-state index is -0.720. The smallest absolute Gasteiger partial charge is 0.262 e. The van der Waals surface area contributed by atoms with Crippen LogP contribution in [-0.4, -0.2) is 29.4 Å². The standard InChI is InChI=1S/C28H26N2O4/c1-2-33-25-12-11-20(17-26(25)34-21-9-5-6-10-21)24(13-14-29)30-27(31)22-15-18-7-3-4-8-19(18)16-23(22)28(30)32/h3-4,7-8,11-12,15-17,21,24H,2,5-6,9-10,13H2,1H3. The van der Waals surface area contributed by atoms with E-state index < -0.39 is 6.04 Å². The predicted octanol–water partition coefficient (Wildman–Crippen LogP) is 5.81. The second-order valence-corrected chi connectivity index (χ2v) is 8.77. The maximum Gasteiger partial charge on any atom is 0.262 e. The third-order valence-electron chi connectivity index (χ3n) is 6.63. The molecule has 1 heterocycles. The van der Waals surface area contributed by atoms with Crippen molar-refractivity contribution in [2.75, 3.05) is 6.61 Å². The molecule has 0 bridgehead atoms. The lowest BCUT2D eigenvalue weighted by Crippen LogP contribution is -2.34. The van der Waals surface area contributed by atoms with Gasteiger partial charge >= 0.3 is 0 Å². The lowest BCUT2D eigenvalue weighted by molar-refractivity contribution is 0.0584. The highest BCUT2D eigenvalue weighted by molar-refractivity contribution is 6.23. The molecule has 1 fully saturated rings. The first kappa shape index (κ1) is 22.0. The molecular weight excluding hydrogens is 428 g/mol. The maximum atomic E-state index is 13.4. The molecule has 1 atom stereocenters. The van der Waals surface area contributed by atoms with Gasteiger partial charge in [0.05, 0.1) is 42.4 Å². The molecule has 2 amide bonds. The summed E-state index contributed by atoms with van der Waals surface area (Å²) in [5.41, 5.74) is 1.43. The Labute approximate surface area is 198 Å². The Morgan fingerprint density at radius 1 is 0.971 bits per heavy atom. The van der Waals surface area contributed by atoms with Crippen molar-refractivity contribution < 1.29 is 19.1 Å². The zero-order chi connectivity index (χ0) is 23.7. The van der Waals surface area contributed by atoms with Gasteiger partial charge in [-0.1, -0.05) is 30.3 Å². The van der Waals surface area contributed by atoms with Gasteiger partial charge in [0.1, 0.15) is 0 Å². The monoisotopic (exact) mass is 454 g/mol. The summed E-state index contributed by atoms with van der Waals surface area (Å²) in [4.78, 5) is 28.1. The Balaban J connectivity index is 1.53. The third-order valence-corrected chi connectivity index (χ3v) is 6.63. The Morgan fingerprint density at radius 2 is 1.62 bits per heavy atom. The first-order valence-corrected chi connectivity index (χ1v) is 11.8. The summed E-state index contributed by atoms with van der Waals surface area (Å²) >= 11 is 0. The molecule has 6 heteroatoms. The summed E-state index contributed by atoms with van der Waals surface area (Å²) in [5.74, 6) is 0.468. The fourth-order valence-corrected chi connectivity index (χ4v) is 4.96. The van der Waals surface area contributed by atoms with Crippen molar-refractivity contribution >= 4 is 22.6 Å². The number of benzene rings is 3. The van der Waals surface area contributed by atoms with E-state index in [9.17, 15) is 14.9 Å². The molecule has 0 radical (unpaired) electrons. The highest BCUT2D eigenvalue weighted by Crippen LogP contribution is 2.39. The molecule has 0 spiro atoms. The first-order valence-electron chi connectivity index (χ1n) is 11.8. The zero-order valence-electron chi connectivity index (χ0n) is 19.1. The molecule has 172 valence electrons. The van der Waals surface area contributed by atoms with E-state index in [4.69, 9.17) is 9.47 Å². The number of rotatable bonds is 7. The van der Waals surface area contributed by atoms with E-state index in [0.29, 0.717) is 34.8 Å². The Hall–Kier alpha value is -3.85. The second-order valence-electron chi connectivity index (χ2n) is 8.77. The van der Waals surface area contributed by atoms with Crippen molar-refractivity contribution in [3.8, 4) is 17.6 Å². The van der Waals surface area contributed by atoms with E-state index in [0.717, 1.165) is 36.5 Å². The molecule has 34 heavy (non-hydrogen) atoms. The van der Waals surface area contributed by atoms with E-state index in [-0.39, 0.29) is 24.3 Å². The molecule has 6 nitrogen and oxygen atoms in total. The van der Waals surface area contributed by atoms with Gasteiger partial charge in [0, 0.05) is 0 Å². The van der Waals surface area contributed by atoms with E-state index >= 15 is 0 Å². The number of nitrogens with zero attached hydrogens (tertiary/aromatic N) is 2. The van der Waals surface area contributed by atoms with E-state index in [2.05, 4.69) is 6.07 Å². The number of carbonyl (C=O) groups is 2. The quantitative estimate of drug-likeness (QED) is 0.421. The minimum absolute atomic E-state index is 0.0121. The van der Waals surface area contributed by atoms with E-state index in [1.165, 1.54) is 4.90 Å². The van der Waals surface area contributed by atoms with E-state index in [1.807, 2.05) is 43.3 Å². The van der Waals surface area contributed by atoms with Crippen molar-refractivity contribution in [2.45, 2.75) is 51.2 Å². The van der Waals surface area contributed by atoms with Crippen LogP contribution in [-0.2, 0) is 0 Å². The van der Waals surface area contributed by atoms with Crippen LogP contribution in [0.1, 0.15) is 71.3 Å². The van der Waals surface area contributed by atoms with Gasteiger partial charge in [0.25, 0.3) is 11.8 Å². The summed E-state index contributed by atoms with van der Waals surface area (Å²) in [6.45, 7) is 2.41. The summed E-state index contributed by atoms with van der Waals surface area (Å²) < 4.78 is 12.0. The fourth-order valence-electron chi connectivity index (χ4n) is 4.96. The molecule has 1 aliphatic carbocycles. The van der Waals surface area contributed by atoms with Gasteiger partial charge in [-0.25, -0.2) is 0 Å². The average Bonchev–Trinajstić information content (AvgIpc) is 3.44. The number of hydrogen-bond donors (Lipinski definition) is 0. The highest BCUT2D eigenvalue weighted by atomic mass is 16.5. The molecule has 1 unspecified atom stereocenters.